The highest BCUT2D eigenvalue weighted by atomic mass is 16.6. The number of aliphatic hydroxyl groups is 1. The predicted molar refractivity (Wildman–Crippen MR) is 89.6 cm³/mol. The van der Waals surface area contributed by atoms with E-state index in [1.165, 1.54) is 30.1 Å². The lowest BCUT2D eigenvalue weighted by Gasteiger charge is -2.20. The summed E-state index contributed by atoms with van der Waals surface area (Å²) in [6.45, 7) is 0. The molecule has 1 atom stereocenters. The van der Waals surface area contributed by atoms with Crippen molar-refractivity contribution in [2.45, 2.75) is 6.04 Å². The Bertz CT molecular complexity index is 905. The highest BCUT2D eigenvalue weighted by Crippen LogP contribution is 2.39. The maximum Gasteiger partial charge on any atom is 0.295 e. The van der Waals surface area contributed by atoms with Gasteiger partial charge in [-0.25, -0.2) is 0 Å². The number of carbonyl (C=O) groups excluding carboxylic acids is 2. The number of nitro benzene ring substituents is 1. The zero-order valence-electron chi connectivity index (χ0n) is 13.2. The van der Waals surface area contributed by atoms with E-state index in [0.29, 0.717) is 11.1 Å². The second-order valence-electron chi connectivity index (χ2n) is 5.63. The van der Waals surface area contributed by atoms with Crippen molar-refractivity contribution >= 4 is 23.1 Å². The largest absolute Gasteiger partial charge is 0.507 e. The first-order valence-corrected chi connectivity index (χ1v) is 7.46. The maximum absolute atomic E-state index is 12.4. The minimum Gasteiger partial charge on any atom is -0.507 e. The van der Waals surface area contributed by atoms with Gasteiger partial charge in [0.2, 0.25) is 0 Å². The Balaban J connectivity index is 2.19. The molecule has 126 valence electrons. The third kappa shape index (κ3) is 2.76. The Hall–Kier alpha value is -3.48. The number of aliphatic hydroxyl groups excluding tert-OH is 1. The van der Waals surface area contributed by atoms with Gasteiger partial charge in [-0.1, -0.05) is 42.5 Å². The maximum atomic E-state index is 12.4. The Morgan fingerprint density at radius 1 is 1.12 bits per heavy atom. The van der Waals surface area contributed by atoms with Crippen molar-refractivity contribution in [1.29, 1.82) is 0 Å². The van der Waals surface area contributed by atoms with Crippen molar-refractivity contribution < 1.29 is 19.6 Å². The lowest BCUT2D eigenvalue weighted by atomic mass is 9.95. The van der Waals surface area contributed by atoms with E-state index >= 15 is 0 Å². The molecule has 25 heavy (non-hydrogen) atoms. The molecule has 0 saturated carbocycles. The monoisotopic (exact) mass is 338 g/mol. The van der Waals surface area contributed by atoms with E-state index < -0.39 is 22.7 Å². The van der Waals surface area contributed by atoms with Crippen LogP contribution < -0.4 is 0 Å². The van der Waals surface area contributed by atoms with Crippen LogP contribution in [0.4, 0.5) is 5.69 Å². The van der Waals surface area contributed by atoms with Gasteiger partial charge in [-0.05, 0) is 5.56 Å². The van der Waals surface area contributed by atoms with Crippen LogP contribution in [0.25, 0.3) is 5.76 Å². The van der Waals surface area contributed by atoms with Gasteiger partial charge in [0.1, 0.15) is 5.76 Å². The molecule has 1 fully saturated rings. The summed E-state index contributed by atoms with van der Waals surface area (Å²) in [4.78, 5) is 36.2. The van der Waals surface area contributed by atoms with Crippen LogP contribution in [0.2, 0.25) is 0 Å². The summed E-state index contributed by atoms with van der Waals surface area (Å²) in [5.74, 6) is -1.89. The summed E-state index contributed by atoms with van der Waals surface area (Å²) in [6, 6.07) is 13.2. The number of amides is 1. The van der Waals surface area contributed by atoms with E-state index in [0.717, 1.165) is 0 Å². The van der Waals surface area contributed by atoms with Gasteiger partial charge in [0.05, 0.1) is 16.5 Å². The predicted octanol–water partition coefficient (Wildman–Crippen LogP) is 2.65. The molecule has 1 amide bonds. The van der Waals surface area contributed by atoms with Crippen LogP contribution in [0, 0.1) is 10.1 Å². The average Bonchev–Trinajstić information content (AvgIpc) is 2.86. The number of hydrogen-bond donors (Lipinski definition) is 1. The molecular weight excluding hydrogens is 324 g/mol. The summed E-state index contributed by atoms with van der Waals surface area (Å²) in [5.41, 5.74) is 0.535. The fourth-order valence-electron chi connectivity index (χ4n) is 2.90. The minimum absolute atomic E-state index is 0.0841. The van der Waals surface area contributed by atoms with Crippen molar-refractivity contribution in [2.75, 3.05) is 7.05 Å². The number of Topliss-reactive ketones (excluding diaryl/α,β-unsaturated/α-hetero) is 1. The van der Waals surface area contributed by atoms with Gasteiger partial charge in [0, 0.05) is 24.7 Å². The first-order valence-electron chi connectivity index (χ1n) is 7.46. The van der Waals surface area contributed by atoms with E-state index in [2.05, 4.69) is 0 Å². The topological polar surface area (TPSA) is 101 Å². The third-order valence-electron chi connectivity index (χ3n) is 4.12. The lowest BCUT2D eigenvalue weighted by molar-refractivity contribution is -0.384. The standard InChI is InChI=1S/C18H14N2O5/c1-19-15(12-8-5-9-13(10-12)20(24)25)14(17(22)18(19)23)16(21)11-6-3-2-4-7-11/h2-10,15,21H,1H3/b16-14+. The fraction of sp³-hybridized carbons (Fsp3) is 0.111. The highest BCUT2D eigenvalue weighted by Gasteiger charge is 2.44. The number of non-ortho nitro benzene ring substituents is 1. The normalized spacial score (nSPS) is 19.2. The zero-order chi connectivity index (χ0) is 18.1. The Morgan fingerprint density at radius 3 is 2.44 bits per heavy atom. The van der Waals surface area contributed by atoms with E-state index in [4.69, 9.17) is 0 Å². The molecule has 0 radical (unpaired) electrons. The highest BCUT2D eigenvalue weighted by molar-refractivity contribution is 6.46. The number of likely N-dealkylation sites (tertiary alicyclic amines) is 1. The van der Waals surface area contributed by atoms with E-state index in [1.807, 2.05) is 0 Å². The molecule has 2 aromatic rings. The van der Waals surface area contributed by atoms with Crippen molar-refractivity contribution in [3.63, 3.8) is 0 Å². The van der Waals surface area contributed by atoms with Crippen LogP contribution in [-0.2, 0) is 9.59 Å². The van der Waals surface area contributed by atoms with Gasteiger partial charge in [-0.2, -0.15) is 0 Å². The minimum atomic E-state index is -0.889. The third-order valence-corrected chi connectivity index (χ3v) is 4.12. The first-order chi connectivity index (χ1) is 11.9. The van der Waals surface area contributed by atoms with Crippen LogP contribution in [0.3, 0.4) is 0 Å². The summed E-state index contributed by atoms with van der Waals surface area (Å²) in [7, 11) is 1.43. The SMILES string of the molecule is CN1C(=O)C(=O)/C(=C(/O)c2ccccc2)C1c1cccc([N+](=O)[O-])c1. The molecule has 1 heterocycles. The number of carbonyl (C=O) groups is 2. The summed E-state index contributed by atoms with van der Waals surface area (Å²) in [6.07, 6.45) is 0. The Morgan fingerprint density at radius 2 is 1.80 bits per heavy atom. The number of benzene rings is 2. The quantitative estimate of drug-likeness (QED) is 0.305. The summed E-state index contributed by atoms with van der Waals surface area (Å²) >= 11 is 0. The number of likely N-dealkylation sites (N-methyl/N-ethyl adjacent to an activating group) is 1. The lowest BCUT2D eigenvalue weighted by Crippen LogP contribution is -2.24. The molecule has 1 saturated heterocycles. The molecular formula is C18H14N2O5. The molecule has 0 bridgehead atoms. The molecule has 0 spiro atoms. The van der Waals surface area contributed by atoms with Crippen LogP contribution in [-0.4, -0.2) is 33.7 Å². The van der Waals surface area contributed by atoms with Gasteiger partial charge in [-0.3, -0.25) is 19.7 Å². The molecule has 1 unspecified atom stereocenters. The van der Waals surface area contributed by atoms with Gasteiger partial charge in [-0.15, -0.1) is 0 Å². The molecule has 7 heteroatoms. The molecule has 7 nitrogen and oxygen atoms in total. The number of rotatable bonds is 3. The van der Waals surface area contributed by atoms with Gasteiger partial charge >= 0.3 is 0 Å². The molecule has 1 N–H and O–H groups in total. The van der Waals surface area contributed by atoms with Crippen LogP contribution >= 0.6 is 0 Å². The van der Waals surface area contributed by atoms with Gasteiger partial charge < -0.3 is 10.0 Å². The van der Waals surface area contributed by atoms with E-state index in [9.17, 15) is 24.8 Å². The fourth-order valence-corrected chi connectivity index (χ4v) is 2.90. The summed E-state index contributed by atoms with van der Waals surface area (Å²) < 4.78 is 0. The average molecular weight is 338 g/mol. The number of hydrogen-bond acceptors (Lipinski definition) is 5. The van der Waals surface area contributed by atoms with Gasteiger partial charge in [0.15, 0.2) is 0 Å². The molecule has 2 aromatic carbocycles. The number of ketones is 1. The second-order valence-corrected chi connectivity index (χ2v) is 5.63. The number of nitro groups is 1. The summed E-state index contributed by atoms with van der Waals surface area (Å²) in [5, 5.41) is 21.6. The number of nitrogens with zero attached hydrogens (tertiary/aromatic N) is 2. The van der Waals surface area contributed by atoms with Crippen LogP contribution in [0.15, 0.2) is 60.2 Å². The van der Waals surface area contributed by atoms with Crippen molar-refractivity contribution in [3.05, 3.63) is 81.4 Å². The van der Waals surface area contributed by atoms with Crippen LogP contribution in [0.1, 0.15) is 17.2 Å². The van der Waals surface area contributed by atoms with Crippen molar-refractivity contribution in [1.82, 2.24) is 4.90 Å². The van der Waals surface area contributed by atoms with E-state index in [1.54, 1.807) is 36.4 Å². The molecule has 1 aliphatic heterocycles. The zero-order valence-corrected chi connectivity index (χ0v) is 13.2. The Kier molecular flexibility index (Phi) is 4.06. The van der Waals surface area contributed by atoms with Crippen molar-refractivity contribution in [2.24, 2.45) is 0 Å². The van der Waals surface area contributed by atoms with Gasteiger partial charge in [0.25, 0.3) is 17.4 Å². The molecule has 0 aliphatic carbocycles. The van der Waals surface area contributed by atoms with Crippen LogP contribution in [0.5, 0.6) is 0 Å². The smallest absolute Gasteiger partial charge is 0.295 e. The first kappa shape index (κ1) is 16.4. The van der Waals surface area contributed by atoms with E-state index in [-0.39, 0.29) is 17.0 Å². The second kappa shape index (κ2) is 6.20. The Labute approximate surface area is 143 Å². The molecule has 1 aliphatic rings. The molecule has 0 aromatic heterocycles. The molecule has 3 rings (SSSR count). The van der Waals surface area contributed by atoms with Crippen molar-refractivity contribution in [3.8, 4) is 0 Å².